The van der Waals surface area contributed by atoms with Crippen LogP contribution >= 0.6 is 0 Å². The van der Waals surface area contributed by atoms with Crippen LogP contribution in [0.2, 0.25) is 0 Å². The molecule has 3 rings (SSSR count). The fourth-order valence-corrected chi connectivity index (χ4v) is 3.44. The fraction of sp³-hybridized carbons (Fsp3) is 0.0667. The zero-order valence-corrected chi connectivity index (χ0v) is 12.4. The largest absolute Gasteiger partial charge is 0.358 e. The first-order chi connectivity index (χ1) is 10.5. The van der Waals surface area contributed by atoms with Gasteiger partial charge < -0.3 is 5.21 Å². The Balaban J connectivity index is 2.20. The molecule has 3 aromatic rings. The van der Waals surface area contributed by atoms with Gasteiger partial charge >= 0.3 is 5.03 Å². The molecule has 2 aromatic carbocycles. The van der Waals surface area contributed by atoms with Crippen LogP contribution in [0.5, 0.6) is 0 Å². The Labute approximate surface area is 127 Å². The summed E-state index contributed by atoms with van der Waals surface area (Å²) in [7, 11) is -4.02. The molecule has 0 N–H and O–H groups in total. The van der Waals surface area contributed by atoms with Crippen LogP contribution in [0.4, 0.5) is 0 Å². The van der Waals surface area contributed by atoms with Crippen LogP contribution in [-0.4, -0.2) is 13.6 Å². The summed E-state index contributed by atoms with van der Waals surface area (Å²) in [6.07, 6.45) is 0. The Kier molecular flexibility index (Phi) is 3.42. The molecule has 7 heteroatoms. The van der Waals surface area contributed by atoms with E-state index in [1.54, 1.807) is 42.5 Å². The number of rotatable bonds is 3. The predicted octanol–water partition coefficient (Wildman–Crippen LogP) is 2.12. The molecule has 0 amide bonds. The van der Waals surface area contributed by atoms with E-state index in [4.69, 9.17) is 0 Å². The molecule has 22 heavy (non-hydrogen) atoms. The standard InChI is InChI=1S/C15H12N2O4S/c1-11-7-9-12(10-8-11)14-15(17(18)21-16-14)22(19,20)13-5-3-2-4-6-13/h2-10H,1H3. The van der Waals surface area contributed by atoms with Crippen molar-refractivity contribution in [1.82, 2.24) is 5.16 Å². The fourth-order valence-electron chi connectivity index (χ4n) is 2.06. The van der Waals surface area contributed by atoms with E-state index in [1.165, 1.54) is 12.1 Å². The first kappa shape index (κ1) is 14.3. The molecule has 0 aliphatic carbocycles. The normalized spacial score (nSPS) is 11.5. The van der Waals surface area contributed by atoms with Crippen molar-refractivity contribution in [2.24, 2.45) is 0 Å². The predicted molar refractivity (Wildman–Crippen MR) is 77.5 cm³/mol. The Hall–Kier alpha value is -2.67. The summed E-state index contributed by atoms with van der Waals surface area (Å²) in [5.41, 5.74) is 1.51. The zero-order chi connectivity index (χ0) is 15.7. The monoisotopic (exact) mass is 316 g/mol. The van der Waals surface area contributed by atoms with Crippen molar-refractivity contribution < 1.29 is 17.9 Å². The lowest BCUT2D eigenvalue weighted by Crippen LogP contribution is -2.30. The maximum atomic E-state index is 12.7. The van der Waals surface area contributed by atoms with Gasteiger partial charge in [0, 0.05) is 10.7 Å². The van der Waals surface area contributed by atoms with Gasteiger partial charge in [-0.25, -0.2) is 8.42 Å². The highest BCUT2D eigenvalue weighted by Gasteiger charge is 2.34. The van der Waals surface area contributed by atoms with Gasteiger partial charge in [0.2, 0.25) is 0 Å². The maximum Gasteiger partial charge on any atom is 0.321 e. The minimum Gasteiger partial charge on any atom is -0.358 e. The summed E-state index contributed by atoms with van der Waals surface area (Å²) in [6.45, 7) is 1.90. The van der Waals surface area contributed by atoms with Gasteiger partial charge in [-0.05, 0) is 24.0 Å². The average Bonchev–Trinajstić information content (AvgIpc) is 2.91. The maximum absolute atomic E-state index is 12.7. The Morgan fingerprint density at radius 3 is 2.32 bits per heavy atom. The third kappa shape index (κ3) is 2.35. The molecule has 0 saturated carbocycles. The second-order valence-corrected chi connectivity index (χ2v) is 6.63. The van der Waals surface area contributed by atoms with Crippen molar-refractivity contribution in [3.05, 3.63) is 65.4 Å². The van der Waals surface area contributed by atoms with E-state index in [0.29, 0.717) is 5.56 Å². The van der Waals surface area contributed by atoms with E-state index >= 15 is 0 Å². The lowest BCUT2D eigenvalue weighted by atomic mass is 10.1. The third-order valence-electron chi connectivity index (χ3n) is 3.21. The molecule has 6 nitrogen and oxygen atoms in total. The Morgan fingerprint density at radius 2 is 1.68 bits per heavy atom. The molecule has 0 spiro atoms. The quantitative estimate of drug-likeness (QED) is 0.691. The van der Waals surface area contributed by atoms with Crippen molar-refractivity contribution in [3.8, 4) is 11.3 Å². The summed E-state index contributed by atoms with van der Waals surface area (Å²) in [5.74, 6) is 0. The number of hydrogen-bond donors (Lipinski definition) is 0. The molecular weight excluding hydrogens is 304 g/mol. The van der Waals surface area contributed by atoms with Gasteiger partial charge in [-0.15, -0.1) is 0 Å². The number of benzene rings is 2. The molecule has 0 radical (unpaired) electrons. The highest BCUT2D eigenvalue weighted by atomic mass is 32.2. The van der Waals surface area contributed by atoms with E-state index in [0.717, 1.165) is 5.56 Å². The van der Waals surface area contributed by atoms with Crippen molar-refractivity contribution in [2.45, 2.75) is 16.8 Å². The van der Waals surface area contributed by atoms with Crippen LogP contribution in [0.1, 0.15) is 5.56 Å². The van der Waals surface area contributed by atoms with Crippen LogP contribution < -0.4 is 4.90 Å². The number of aryl methyl sites for hydroxylation is 1. The first-order valence-electron chi connectivity index (χ1n) is 6.47. The van der Waals surface area contributed by atoms with Gasteiger partial charge in [-0.1, -0.05) is 48.0 Å². The topological polar surface area (TPSA) is 87.1 Å². The minimum absolute atomic E-state index is 0.00106. The molecule has 1 aromatic heterocycles. The summed E-state index contributed by atoms with van der Waals surface area (Å²) in [5, 5.41) is 14.9. The van der Waals surface area contributed by atoms with Crippen molar-refractivity contribution in [2.75, 3.05) is 0 Å². The summed E-state index contributed by atoms with van der Waals surface area (Å²) in [6, 6.07) is 14.7. The smallest absolute Gasteiger partial charge is 0.321 e. The van der Waals surface area contributed by atoms with Crippen molar-refractivity contribution in [3.63, 3.8) is 0 Å². The van der Waals surface area contributed by atoms with E-state index in [1.807, 2.05) is 6.92 Å². The number of sulfone groups is 1. The summed E-state index contributed by atoms with van der Waals surface area (Å²) in [4.78, 5) is -0.0616. The summed E-state index contributed by atoms with van der Waals surface area (Å²) >= 11 is 0. The van der Waals surface area contributed by atoms with Crippen LogP contribution in [0, 0.1) is 12.1 Å². The molecule has 0 bridgehead atoms. The Bertz CT molecular complexity index is 900. The molecule has 0 unspecified atom stereocenters. The summed E-state index contributed by atoms with van der Waals surface area (Å²) < 4.78 is 29.8. The lowest BCUT2D eigenvalue weighted by Gasteiger charge is -2.02. The SMILES string of the molecule is Cc1ccc(-c2no[n+]([O-])c2S(=O)(=O)c2ccccc2)cc1. The molecule has 0 aliphatic rings. The molecule has 0 aliphatic heterocycles. The van der Waals surface area contributed by atoms with Gasteiger partial charge in [0.05, 0.1) is 4.90 Å². The first-order valence-corrected chi connectivity index (χ1v) is 7.95. The lowest BCUT2D eigenvalue weighted by molar-refractivity contribution is -0.832. The molecule has 0 fully saturated rings. The second kappa shape index (κ2) is 5.27. The van der Waals surface area contributed by atoms with Crippen molar-refractivity contribution in [1.29, 1.82) is 0 Å². The van der Waals surface area contributed by atoms with Gasteiger partial charge in [0.25, 0.3) is 15.5 Å². The zero-order valence-electron chi connectivity index (χ0n) is 11.6. The third-order valence-corrected chi connectivity index (χ3v) is 4.95. The van der Waals surface area contributed by atoms with Crippen LogP contribution in [0.25, 0.3) is 11.3 Å². The van der Waals surface area contributed by atoms with Crippen LogP contribution in [0.15, 0.2) is 69.1 Å². The molecule has 1 heterocycles. The number of hydrogen-bond acceptors (Lipinski definition) is 5. The molecular formula is C15H12N2O4S. The van der Waals surface area contributed by atoms with Crippen LogP contribution in [0.3, 0.4) is 0 Å². The van der Waals surface area contributed by atoms with E-state index in [9.17, 15) is 13.6 Å². The Morgan fingerprint density at radius 1 is 1.05 bits per heavy atom. The number of nitrogens with zero attached hydrogens (tertiary/aromatic N) is 2. The van der Waals surface area contributed by atoms with E-state index < -0.39 is 14.9 Å². The molecule has 0 saturated heterocycles. The average molecular weight is 316 g/mol. The molecule has 0 atom stereocenters. The number of aromatic nitrogens is 2. The van der Waals surface area contributed by atoms with Gasteiger partial charge in [-0.2, -0.15) is 0 Å². The van der Waals surface area contributed by atoms with Gasteiger partial charge in [0.1, 0.15) is 0 Å². The van der Waals surface area contributed by atoms with Crippen LogP contribution in [-0.2, 0) is 9.84 Å². The van der Waals surface area contributed by atoms with Gasteiger partial charge in [0.15, 0.2) is 0 Å². The highest BCUT2D eigenvalue weighted by molar-refractivity contribution is 7.91. The van der Waals surface area contributed by atoms with E-state index in [2.05, 4.69) is 9.79 Å². The highest BCUT2D eigenvalue weighted by Crippen LogP contribution is 2.27. The second-order valence-electron chi connectivity index (χ2n) is 4.77. The molecule has 112 valence electrons. The van der Waals surface area contributed by atoms with Crippen molar-refractivity contribution >= 4 is 9.84 Å². The van der Waals surface area contributed by atoms with Gasteiger partial charge in [-0.3, -0.25) is 4.63 Å². The van der Waals surface area contributed by atoms with E-state index in [-0.39, 0.29) is 15.5 Å². The minimum atomic E-state index is -4.02.